The summed E-state index contributed by atoms with van der Waals surface area (Å²) in [4.78, 5) is 0. The number of allylic oxidation sites excluding steroid dienone is 5. The van der Waals surface area contributed by atoms with Crippen molar-refractivity contribution in [1.82, 2.24) is 0 Å². The Morgan fingerprint density at radius 1 is 1.00 bits per heavy atom. The molecule has 0 aliphatic carbocycles. The molecule has 0 aromatic rings. The maximum absolute atomic E-state index is 3.72. The van der Waals surface area contributed by atoms with Gasteiger partial charge in [0.05, 0.1) is 0 Å². The van der Waals surface area contributed by atoms with Crippen molar-refractivity contribution in [1.29, 1.82) is 0 Å². The molecule has 0 amide bonds. The molecule has 0 aromatic heterocycles. The molecule has 0 unspecified atom stereocenters. The van der Waals surface area contributed by atoms with Gasteiger partial charge in [0.2, 0.25) is 0 Å². The van der Waals surface area contributed by atoms with Crippen LogP contribution in [0.25, 0.3) is 0 Å². The molecule has 0 heterocycles. The highest BCUT2D eigenvalue weighted by Gasteiger charge is 2.01. The average molecular weight is 271 g/mol. The first-order valence-corrected chi connectivity index (χ1v) is 7.56. The lowest BCUT2D eigenvalue weighted by Gasteiger charge is -2.09. The van der Waals surface area contributed by atoms with Gasteiger partial charge in [-0.3, -0.25) is 0 Å². The van der Waals surface area contributed by atoms with E-state index in [-0.39, 0.29) is 7.43 Å². The summed E-state index contributed by atoms with van der Waals surface area (Å²) >= 11 is 0. The molecule has 0 bridgehead atoms. The van der Waals surface area contributed by atoms with E-state index in [1.807, 2.05) is 47.6 Å². The van der Waals surface area contributed by atoms with E-state index in [1.165, 1.54) is 11.1 Å². The van der Waals surface area contributed by atoms with Crippen molar-refractivity contribution < 1.29 is 0 Å². The second-order valence-corrected chi connectivity index (χ2v) is 3.50. The maximum atomic E-state index is 3.72. The summed E-state index contributed by atoms with van der Waals surface area (Å²) in [6.07, 6.45) is 7.26. The van der Waals surface area contributed by atoms with E-state index in [1.54, 1.807) is 0 Å². The lowest BCUT2D eigenvalue weighted by Crippen LogP contribution is -1.92. The van der Waals surface area contributed by atoms with Crippen molar-refractivity contribution in [2.24, 2.45) is 5.92 Å². The van der Waals surface area contributed by atoms with Gasteiger partial charge < -0.3 is 0 Å². The molecule has 0 N–H and O–H groups in total. The van der Waals surface area contributed by atoms with Gasteiger partial charge in [-0.2, -0.15) is 0 Å². The Balaban J connectivity index is -0.0000000816. The molecule has 0 nitrogen and oxygen atoms in total. The molecule has 0 fully saturated rings. The van der Waals surface area contributed by atoms with Crippen molar-refractivity contribution in [3.8, 4) is 0 Å². The molecule has 118 valence electrons. The fourth-order valence-electron chi connectivity index (χ4n) is 1.13. The van der Waals surface area contributed by atoms with E-state index < -0.39 is 0 Å². The van der Waals surface area contributed by atoms with Crippen LogP contribution in [0.3, 0.4) is 0 Å². The fraction of sp³-hybridized carbons (Fsp3) is 0.684. The average Bonchev–Trinajstić information content (AvgIpc) is 2.43. The maximum Gasteiger partial charge on any atom is -0.0253 e. The van der Waals surface area contributed by atoms with Gasteiger partial charge in [0, 0.05) is 0 Å². The van der Waals surface area contributed by atoms with Crippen molar-refractivity contribution in [3.63, 3.8) is 0 Å². The third-order valence-electron chi connectivity index (χ3n) is 1.89. The Morgan fingerprint density at radius 3 is 1.58 bits per heavy atom. The summed E-state index contributed by atoms with van der Waals surface area (Å²) in [5.74, 6) is 0.714. The Hall–Kier alpha value is -0.780. The van der Waals surface area contributed by atoms with Gasteiger partial charge in [-0.15, -0.1) is 0 Å². The molecule has 0 atom stereocenters. The van der Waals surface area contributed by atoms with Gasteiger partial charge in [0.1, 0.15) is 0 Å². The summed E-state index contributed by atoms with van der Waals surface area (Å²) in [5.41, 5.74) is 2.77. The summed E-state index contributed by atoms with van der Waals surface area (Å²) in [7, 11) is 0. The monoisotopic (exact) mass is 270 g/mol. The Kier molecular flexibility index (Phi) is 49.4. The van der Waals surface area contributed by atoms with Crippen LogP contribution in [0.1, 0.15) is 83.1 Å². The van der Waals surface area contributed by atoms with Crippen LogP contribution < -0.4 is 0 Å². The first-order chi connectivity index (χ1) is 8.61. The molecule has 0 aromatic carbocycles. The van der Waals surface area contributed by atoms with E-state index in [9.17, 15) is 0 Å². The van der Waals surface area contributed by atoms with Gasteiger partial charge >= 0.3 is 0 Å². The molecule has 0 aliphatic rings. The van der Waals surface area contributed by atoms with Crippen LogP contribution in [0.15, 0.2) is 36.0 Å². The van der Waals surface area contributed by atoms with Crippen LogP contribution >= 0.6 is 0 Å². The molecule has 0 heteroatoms. The third kappa shape index (κ3) is 26.7. The van der Waals surface area contributed by atoms with E-state index in [0.29, 0.717) is 5.92 Å². The molecule has 0 saturated carbocycles. The van der Waals surface area contributed by atoms with Crippen LogP contribution in [0.4, 0.5) is 0 Å². The second kappa shape index (κ2) is 30.3. The summed E-state index contributed by atoms with van der Waals surface area (Å²) in [6, 6.07) is 0. The minimum absolute atomic E-state index is 0. The molecule has 0 radical (unpaired) electrons. The summed E-state index contributed by atoms with van der Waals surface area (Å²) in [6.45, 7) is 24.4. The Labute approximate surface area is 125 Å². The molecular weight excluding hydrogens is 228 g/mol. The van der Waals surface area contributed by atoms with Gasteiger partial charge in [-0.25, -0.2) is 0 Å². The van der Waals surface area contributed by atoms with Crippen LogP contribution in [0.5, 0.6) is 0 Å². The van der Waals surface area contributed by atoms with Crippen LogP contribution in [-0.4, -0.2) is 0 Å². The van der Waals surface area contributed by atoms with E-state index in [0.717, 1.165) is 6.42 Å². The largest absolute Gasteiger partial charge is 0.0991 e. The predicted octanol–water partition coefficient (Wildman–Crippen LogP) is 7.83. The van der Waals surface area contributed by atoms with E-state index in [4.69, 9.17) is 0 Å². The highest BCUT2D eigenvalue weighted by molar-refractivity contribution is 5.31. The Bertz CT molecular complexity index is 192. The number of hydrogen-bond acceptors (Lipinski definition) is 0. The molecule has 19 heavy (non-hydrogen) atoms. The highest BCUT2D eigenvalue weighted by Crippen LogP contribution is 2.18. The first-order valence-electron chi connectivity index (χ1n) is 7.56. The molecule has 0 spiro atoms. The zero-order chi connectivity index (χ0) is 15.6. The van der Waals surface area contributed by atoms with Crippen molar-refractivity contribution in [3.05, 3.63) is 36.0 Å². The lowest BCUT2D eigenvalue weighted by molar-refractivity contribution is 0.645. The second-order valence-electron chi connectivity index (χ2n) is 3.50. The topological polar surface area (TPSA) is 0 Å². The van der Waals surface area contributed by atoms with Gasteiger partial charge in [0.15, 0.2) is 0 Å². The first kappa shape index (κ1) is 30.9. The highest BCUT2D eigenvalue weighted by atomic mass is 14.1. The van der Waals surface area contributed by atoms with Gasteiger partial charge in [-0.05, 0) is 31.8 Å². The predicted molar refractivity (Wildman–Crippen MR) is 97.9 cm³/mol. The minimum atomic E-state index is 0. The van der Waals surface area contributed by atoms with Crippen molar-refractivity contribution >= 4 is 0 Å². The van der Waals surface area contributed by atoms with Crippen LogP contribution in [-0.2, 0) is 0 Å². The lowest BCUT2D eigenvalue weighted by atomic mass is 9.97. The SMILES string of the molecule is C.C=C/C=C(CC(C)C)\C(C)=C/C.CC.CC.CC. The molecular formula is C19H42. The smallest absolute Gasteiger partial charge is 0.0253 e. The zero-order valence-corrected chi connectivity index (χ0v) is 14.7. The quantitative estimate of drug-likeness (QED) is 0.457. The van der Waals surface area contributed by atoms with Crippen molar-refractivity contribution in [2.45, 2.75) is 83.1 Å². The minimum Gasteiger partial charge on any atom is -0.0991 e. The van der Waals surface area contributed by atoms with Crippen molar-refractivity contribution in [2.75, 3.05) is 0 Å². The summed E-state index contributed by atoms with van der Waals surface area (Å²) < 4.78 is 0. The number of rotatable bonds is 4. The zero-order valence-electron chi connectivity index (χ0n) is 14.7. The Morgan fingerprint density at radius 2 is 1.37 bits per heavy atom. The van der Waals surface area contributed by atoms with E-state index >= 15 is 0 Å². The molecule has 0 aliphatic heterocycles. The van der Waals surface area contributed by atoms with E-state index in [2.05, 4.69) is 46.4 Å². The van der Waals surface area contributed by atoms with Gasteiger partial charge in [-0.1, -0.05) is 93.2 Å². The standard InChI is InChI=1S/C12H20.3C2H6.CH4/c1-6-8-12(9-10(3)4)11(5)7-2;3*1-2;/h6-8,10H,1,9H2,2-5H3;3*1-2H3;1H4/b11-7-,12-8-;;;;. The van der Waals surface area contributed by atoms with Crippen LogP contribution in [0.2, 0.25) is 0 Å². The molecule has 0 rings (SSSR count). The summed E-state index contributed by atoms with van der Waals surface area (Å²) in [5, 5.41) is 0. The third-order valence-corrected chi connectivity index (χ3v) is 1.89. The van der Waals surface area contributed by atoms with Crippen LogP contribution in [0, 0.1) is 5.92 Å². The molecule has 0 saturated heterocycles. The normalized spacial score (nSPS) is 9.63. The number of hydrogen-bond donors (Lipinski definition) is 0. The fourth-order valence-corrected chi connectivity index (χ4v) is 1.13. The van der Waals surface area contributed by atoms with Gasteiger partial charge in [0.25, 0.3) is 0 Å².